The van der Waals surface area contributed by atoms with Crippen molar-refractivity contribution < 1.29 is 14.3 Å². The molecule has 1 aliphatic rings. The Labute approximate surface area is 153 Å². The van der Waals surface area contributed by atoms with Crippen molar-refractivity contribution in [3.05, 3.63) is 47.9 Å². The number of rotatable bonds is 5. The highest BCUT2D eigenvalue weighted by Gasteiger charge is 2.36. The van der Waals surface area contributed by atoms with Gasteiger partial charge in [0, 0.05) is 25.0 Å². The van der Waals surface area contributed by atoms with E-state index in [4.69, 9.17) is 9.47 Å². The van der Waals surface area contributed by atoms with E-state index in [-0.39, 0.29) is 5.69 Å². The number of esters is 1. The van der Waals surface area contributed by atoms with Gasteiger partial charge in [0.2, 0.25) is 0 Å². The molecule has 2 atom stereocenters. The lowest BCUT2D eigenvalue weighted by molar-refractivity contribution is 0.0593. The summed E-state index contributed by atoms with van der Waals surface area (Å²) in [6.45, 7) is 1.61. The molecule has 1 aliphatic heterocycles. The first-order valence-electron chi connectivity index (χ1n) is 8.49. The quantitative estimate of drug-likeness (QED) is 0.757. The summed E-state index contributed by atoms with van der Waals surface area (Å²) >= 11 is 0. The maximum absolute atomic E-state index is 11.7. The van der Waals surface area contributed by atoms with Gasteiger partial charge < -0.3 is 19.3 Å². The van der Waals surface area contributed by atoms with Gasteiger partial charge in [-0.3, -0.25) is 4.98 Å². The minimum Gasteiger partial charge on any atom is -0.497 e. The molecule has 26 heavy (non-hydrogen) atoms. The Morgan fingerprint density at radius 3 is 2.50 bits per heavy atom. The van der Waals surface area contributed by atoms with E-state index in [1.807, 2.05) is 12.1 Å². The average Bonchev–Trinajstić information content (AvgIpc) is 3.13. The molecule has 0 aliphatic carbocycles. The Hall–Kier alpha value is -2.67. The lowest BCUT2D eigenvalue weighted by atomic mass is 9.93. The SMILES string of the molecule is COC(=O)c1cncc(N2C[C@@H](N(C)C)[C@H](c3ccc(OC)cc3)C2)n1. The molecule has 2 heterocycles. The van der Waals surface area contributed by atoms with E-state index in [0.717, 1.165) is 18.8 Å². The molecule has 2 aromatic rings. The lowest BCUT2D eigenvalue weighted by Gasteiger charge is -2.25. The van der Waals surface area contributed by atoms with Gasteiger partial charge in [0.15, 0.2) is 5.69 Å². The molecule has 1 aromatic heterocycles. The van der Waals surface area contributed by atoms with Crippen LogP contribution in [0.5, 0.6) is 5.75 Å². The van der Waals surface area contributed by atoms with Crippen molar-refractivity contribution in [3.8, 4) is 5.75 Å². The number of anilines is 1. The Morgan fingerprint density at radius 2 is 1.88 bits per heavy atom. The van der Waals surface area contributed by atoms with Crippen molar-refractivity contribution in [2.75, 3.05) is 46.3 Å². The van der Waals surface area contributed by atoms with Crippen LogP contribution in [0.15, 0.2) is 36.7 Å². The minimum absolute atomic E-state index is 0.222. The highest BCUT2D eigenvalue weighted by molar-refractivity contribution is 5.87. The van der Waals surface area contributed by atoms with Gasteiger partial charge in [-0.2, -0.15) is 0 Å². The Kier molecular flexibility index (Phi) is 5.37. The van der Waals surface area contributed by atoms with Crippen LogP contribution in [0.3, 0.4) is 0 Å². The molecule has 0 N–H and O–H groups in total. The molecule has 7 heteroatoms. The summed E-state index contributed by atoms with van der Waals surface area (Å²) in [7, 11) is 7.18. The number of carbonyl (C=O) groups is 1. The predicted molar refractivity (Wildman–Crippen MR) is 98.8 cm³/mol. The first-order valence-corrected chi connectivity index (χ1v) is 8.49. The van der Waals surface area contributed by atoms with Crippen molar-refractivity contribution in [1.82, 2.24) is 14.9 Å². The number of hydrogen-bond donors (Lipinski definition) is 0. The number of benzene rings is 1. The van der Waals surface area contributed by atoms with Gasteiger partial charge >= 0.3 is 5.97 Å². The topological polar surface area (TPSA) is 67.8 Å². The van der Waals surface area contributed by atoms with Crippen LogP contribution in [0.25, 0.3) is 0 Å². The van der Waals surface area contributed by atoms with E-state index in [9.17, 15) is 4.79 Å². The van der Waals surface area contributed by atoms with Crippen LogP contribution in [0.4, 0.5) is 5.82 Å². The fourth-order valence-corrected chi connectivity index (χ4v) is 3.39. The van der Waals surface area contributed by atoms with Gasteiger partial charge in [-0.1, -0.05) is 12.1 Å². The van der Waals surface area contributed by atoms with Crippen molar-refractivity contribution in [3.63, 3.8) is 0 Å². The number of hydrogen-bond acceptors (Lipinski definition) is 7. The Balaban J connectivity index is 1.86. The number of carbonyl (C=O) groups excluding carboxylic acids is 1. The molecule has 138 valence electrons. The number of aromatic nitrogens is 2. The molecular weight excluding hydrogens is 332 g/mol. The maximum Gasteiger partial charge on any atom is 0.358 e. The number of nitrogens with zero attached hydrogens (tertiary/aromatic N) is 4. The third kappa shape index (κ3) is 3.62. The second kappa shape index (κ2) is 7.70. The number of likely N-dealkylation sites (N-methyl/N-ethyl adjacent to an activating group) is 1. The fourth-order valence-electron chi connectivity index (χ4n) is 3.39. The monoisotopic (exact) mass is 356 g/mol. The van der Waals surface area contributed by atoms with E-state index in [1.54, 1.807) is 13.3 Å². The predicted octanol–water partition coefficient (Wildman–Crippen LogP) is 1.81. The summed E-state index contributed by atoms with van der Waals surface area (Å²) in [5.74, 6) is 1.38. The van der Waals surface area contributed by atoms with Gasteiger partial charge in [0.1, 0.15) is 11.6 Å². The van der Waals surface area contributed by atoms with Gasteiger partial charge in [0.25, 0.3) is 0 Å². The van der Waals surface area contributed by atoms with Gasteiger partial charge in [-0.15, -0.1) is 0 Å². The van der Waals surface area contributed by atoms with Gasteiger partial charge in [-0.05, 0) is 31.8 Å². The first kappa shape index (κ1) is 18.1. The molecule has 1 saturated heterocycles. The maximum atomic E-state index is 11.7. The number of methoxy groups -OCH3 is 2. The molecule has 7 nitrogen and oxygen atoms in total. The van der Waals surface area contributed by atoms with Gasteiger partial charge in [-0.25, -0.2) is 9.78 Å². The summed E-state index contributed by atoms with van der Waals surface area (Å²) in [6, 6.07) is 8.53. The van der Waals surface area contributed by atoms with E-state index < -0.39 is 5.97 Å². The van der Waals surface area contributed by atoms with E-state index in [0.29, 0.717) is 17.8 Å². The zero-order chi connectivity index (χ0) is 18.7. The molecule has 0 amide bonds. The second-order valence-electron chi connectivity index (χ2n) is 6.57. The lowest BCUT2D eigenvalue weighted by Crippen LogP contribution is -2.34. The van der Waals surface area contributed by atoms with Crippen molar-refractivity contribution in [2.45, 2.75) is 12.0 Å². The summed E-state index contributed by atoms with van der Waals surface area (Å²) in [5, 5.41) is 0. The number of ether oxygens (including phenoxy) is 2. The third-order valence-electron chi connectivity index (χ3n) is 4.84. The molecule has 1 aromatic carbocycles. The van der Waals surface area contributed by atoms with Crippen LogP contribution >= 0.6 is 0 Å². The zero-order valence-corrected chi connectivity index (χ0v) is 15.5. The van der Waals surface area contributed by atoms with Crippen LogP contribution in [-0.2, 0) is 4.74 Å². The van der Waals surface area contributed by atoms with E-state index in [1.165, 1.54) is 18.9 Å². The van der Waals surface area contributed by atoms with E-state index >= 15 is 0 Å². The highest BCUT2D eigenvalue weighted by atomic mass is 16.5. The molecule has 0 spiro atoms. The normalized spacial score (nSPS) is 19.7. The smallest absolute Gasteiger partial charge is 0.358 e. The third-order valence-corrected chi connectivity index (χ3v) is 4.84. The minimum atomic E-state index is -0.477. The highest BCUT2D eigenvalue weighted by Crippen LogP contribution is 2.33. The Bertz CT molecular complexity index is 764. The van der Waals surface area contributed by atoms with Gasteiger partial charge in [0.05, 0.1) is 26.6 Å². The molecule has 1 fully saturated rings. The van der Waals surface area contributed by atoms with E-state index in [2.05, 4.69) is 46.0 Å². The van der Waals surface area contributed by atoms with Crippen LogP contribution in [0.2, 0.25) is 0 Å². The van der Waals surface area contributed by atoms with Crippen LogP contribution in [-0.4, -0.2) is 68.3 Å². The molecule has 0 saturated carbocycles. The second-order valence-corrected chi connectivity index (χ2v) is 6.57. The van der Waals surface area contributed by atoms with Crippen molar-refractivity contribution in [2.24, 2.45) is 0 Å². The van der Waals surface area contributed by atoms with Crippen molar-refractivity contribution in [1.29, 1.82) is 0 Å². The molecule has 3 rings (SSSR count). The average molecular weight is 356 g/mol. The molecule has 0 unspecified atom stereocenters. The summed E-state index contributed by atoms with van der Waals surface area (Å²) in [5.41, 5.74) is 1.48. The standard InChI is InChI=1S/C19H24N4O3/c1-22(2)17-12-23(18-10-20-9-16(21-18)19(24)26-4)11-15(17)13-5-7-14(25-3)8-6-13/h5-10,15,17H,11-12H2,1-4H3/t15-,17+/m0/s1. The zero-order valence-electron chi connectivity index (χ0n) is 15.5. The molecular formula is C19H24N4O3. The summed E-state index contributed by atoms with van der Waals surface area (Å²) < 4.78 is 10.0. The van der Waals surface area contributed by atoms with Crippen LogP contribution < -0.4 is 9.64 Å². The Morgan fingerprint density at radius 1 is 1.15 bits per heavy atom. The first-order chi connectivity index (χ1) is 12.5. The van der Waals surface area contributed by atoms with Crippen molar-refractivity contribution >= 4 is 11.8 Å². The summed E-state index contributed by atoms with van der Waals surface area (Å²) in [6.07, 6.45) is 3.12. The largest absolute Gasteiger partial charge is 0.497 e. The molecule has 0 bridgehead atoms. The van der Waals surface area contributed by atoms with Crippen LogP contribution in [0, 0.1) is 0 Å². The van der Waals surface area contributed by atoms with Crippen LogP contribution in [0.1, 0.15) is 22.0 Å². The fraction of sp³-hybridized carbons (Fsp3) is 0.421. The summed E-state index contributed by atoms with van der Waals surface area (Å²) in [4.78, 5) is 24.7. The molecule has 0 radical (unpaired) electrons.